The molecule has 0 amide bonds. The number of hydrogen-bond acceptors (Lipinski definition) is 6. The highest BCUT2D eigenvalue weighted by Crippen LogP contribution is 2.46. The van der Waals surface area contributed by atoms with Gasteiger partial charge in [0.1, 0.15) is 28.9 Å². The molecule has 1 aliphatic rings. The van der Waals surface area contributed by atoms with E-state index in [9.17, 15) is 10.1 Å². The number of nitrogens with two attached hydrogens (primary N) is 1. The molecule has 0 spiro atoms. The van der Waals surface area contributed by atoms with Crippen molar-refractivity contribution < 1.29 is 19.0 Å². The number of fused-ring (bicyclic) bond motifs is 1. The van der Waals surface area contributed by atoms with Crippen LogP contribution < -0.4 is 19.9 Å². The molecule has 0 aromatic heterocycles. The van der Waals surface area contributed by atoms with Crippen LogP contribution in [0.1, 0.15) is 48.8 Å². The van der Waals surface area contributed by atoms with Crippen LogP contribution in [0.3, 0.4) is 0 Å². The van der Waals surface area contributed by atoms with Crippen LogP contribution in [-0.2, 0) is 4.79 Å². The Hall–Kier alpha value is -3.92. The average molecular weight is 549 g/mol. The molecule has 6 nitrogen and oxygen atoms in total. The predicted octanol–water partition coefficient (Wildman–Crippen LogP) is 7.40. The van der Waals surface area contributed by atoms with Crippen molar-refractivity contribution in [3.63, 3.8) is 0 Å². The van der Waals surface area contributed by atoms with E-state index in [1.807, 2.05) is 24.3 Å². The lowest BCUT2D eigenvalue weighted by atomic mass is 9.83. The molecule has 0 fully saturated rings. The van der Waals surface area contributed by atoms with E-state index >= 15 is 0 Å². The second kappa shape index (κ2) is 12.6. The van der Waals surface area contributed by atoms with E-state index in [0.717, 1.165) is 24.8 Å². The van der Waals surface area contributed by atoms with E-state index in [1.165, 1.54) is 6.08 Å². The fraction of sp³-hybridized carbons (Fsp3) is 0.200. The highest BCUT2D eigenvalue weighted by molar-refractivity contribution is 6.35. The Kier molecular flexibility index (Phi) is 8.96. The van der Waals surface area contributed by atoms with Crippen molar-refractivity contribution in [3.8, 4) is 23.3 Å². The summed E-state index contributed by atoms with van der Waals surface area (Å²) in [4.78, 5) is 12.5. The number of carbonyl (C=O) groups excluding carboxylic acids is 1. The number of nitriles is 1. The van der Waals surface area contributed by atoms with E-state index < -0.39 is 11.9 Å². The van der Waals surface area contributed by atoms with Crippen LogP contribution in [-0.4, -0.2) is 12.6 Å². The van der Waals surface area contributed by atoms with Crippen molar-refractivity contribution in [2.24, 2.45) is 5.73 Å². The number of carbonyl (C=O) groups is 1. The number of unbranched alkanes of at least 4 members (excludes halogenated alkanes) is 2. The first-order valence-corrected chi connectivity index (χ1v) is 12.9. The molecule has 38 heavy (non-hydrogen) atoms. The Morgan fingerprint density at radius 3 is 2.68 bits per heavy atom. The molecular weight excluding hydrogens is 523 g/mol. The number of nitrogens with zero attached hydrogens (tertiary/aromatic N) is 1. The van der Waals surface area contributed by atoms with Gasteiger partial charge in [-0.15, -0.1) is 0 Å². The number of halogens is 2. The normalized spacial score (nSPS) is 14.5. The maximum Gasteiger partial charge on any atom is 0.336 e. The Morgan fingerprint density at radius 1 is 1.11 bits per heavy atom. The molecule has 4 rings (SSSR count). The lowest BCUT2D eigenvalue weighted by Crippen LogP contribution is -2.21. The van der Waals surface area contributed by atoms with Crippen LogP contribution >= 0.6 is 23.2 Å². The number of rotatable bonds is 9. The summed E-state index contributed by atoms with van der Waals surface area (Å²) in [6.45, 7) is 2.71. The number of hydrogen-bond donors (Lipinski definition) is 1. The summed E-state index contributed by atoms with van der Waals surface area (Å²) in [6.07, 6.45) is 5.91. The summed E-state index contributed by atoms with van der Waals surface area (Å²) in [5.41, 5.74) is 8.59. The number of benzene rings is 3. The zero-order valence-corrected chi connectivity index (χ0v) is 22.3. The van der Waals surface area contributed by atoms with Crippen LogP contribution in [0.4, 0.5) is 0 Å². The minimum absolute atomic E-state index is 0.00783. The van der Waals surface area contributed by atoms with E-state index in [4.69, 9.17) is 43.1 Å². The summed E-state index contributed by atoms with van der Waals surface area (Å²) in [6, 6.07) is 19.7. The van der Waals surface area contributed by atoms with Gasteiger partial charge in [-0.05, 0) is 42.3 Å². The highest BCUT2D eigenvalue weighted by atomic mass is 35.5. The zero-order chi connectivity index (χ0) is 27.1. The van der Waals surface area contributed by atoms with Gasteiger partial charge in [-0.2, -0.15) is 5.26 Å². The second-order valence-corrected chi connectivity index (χ2v) is 9.48. The van der Waals surface area contributed by atoms with Gasteiger partial charge in [-0.1, -0.05) is 73.3 Å². The van der Waals surface area contributed by atoms with Crippen molar-refractivity contribution in [2.75, 3.05) is 6.61 Å². The monoisotopic (exact) mass is 548 g/mol. The number of allylic oxidation sites excluding steroid dienone is 1. The minimum Gasteiger partial charge on any atom is -0.493 e. The number of ether oxygens (including phenoxy) is 3. The SMILES string of the molecule is CCCCCOc1ccccc1C1C(C#N)=C(N)Oc2cc(OC(=O)/C=C/c3ccc(Cl)cc3Cl)ccc21. The van der Waals surface area contributed by atoms with Crippen LogP contribution in [0.25, 0.3) is 6.08 Å². The third kappa shape index (κ3) is 6.31. The van der Waals surface area contributed by atoms with Gasteiger partial charge in [0.2, 0.25) is 5.88 Å². The van der Waals surface area contributed by atoms with Crippen LogP contribution in [0.2, 0.25) is 10.0 Å². The third-order valence-corrected chi connectivity index (χ3v) is 6.57. The van der Waals surface area contributed by atoms with Crippen molar-refractivity contribution >= 4 is 35.2 Å². The smallest absolute Gasteiger partial charge is 0.336 e. The van der Waals surface area contributed by atoms with E-state index in [0.29, 0.717) is 39.3 Å². The topological polar surface area (TPSA) is 94.6 Å². The minimum atomic E-state index is -0.602. The first-order chi connectivity index (χ1) is 18.4. The molecule has 1 aliphatic heterocycles. The molecule has 0 radical (unpaired) electrons. The van der Waals surface area contributed by atoms with Gasteiger partial charge in [0.15, 0.2) is 0 Å². The molecule has 3 aromatic rings. The molecule has 3 aromatic carbocycles. The maximum absolute atomic E-state index is 12.5. The van der Waals surface area contributed by atoms with Gasteiger partial charge >= 0.3 is 5.97 Å². The molecule has 8 heteroatoms. The summed E-state index contributed by atoms with van der Waals surface area (Å²) in [5, 5.41) is 10.8. The Morgan fingerprint density at radius 2 is 1.92 bits per heavy atom. The van der Waals surface area contributed by atoms with Gasteiger partial charge in [0, 0.05) is 33.3 Å². The Bertz CT molecular complexity index is 1440. The van der Waals surface area contributed by atoms with Crippen molar-refractivity contribution in [1.82, 2.24) is 0 Å². The van der Waals surface area contributed by atoms with E-state index in [2.05, 4.69) is 13.0 Å². The lowest BCUT2D eigenvalue weighted by Gasteiger charge is -2.28. The molecule has 1 unspecified atom stereocenters. The average Bonchev–Trinajstić information content (AvgIpc) is 2.90. The largest absolute Gasteiger partial charge is 0.493 e. The van der Waals surface area contributed by atoms with E-state index in [1.54, 1.807) is 42.5 Å². The van der Waals surface area contributed by atoms with Crippen molar-refractivity contribution in [3.05, 3.63) is 105 Å². The fourth-order valence-electron chi connectivity index (χ4n) is 4.15. The zero-order valence-electron chi connectivity index (χ0n) is 20.7. The summed E-state index contributed by atoms with van der Waals surface area (Å²) in [7, 11) is 0. The van der Waals surface area contributed by atoms with Gasteiger partial charge in [-0.25, -0.2) is 4.79 Å². The molecule has 194 valence electrons. The second-order valence-electron chi connectivity index (χ2n) is 8.64. The molecule has 0 aliphatic carbocycles. The fourth-order valence-corrected chi connectivity index (χ4v) is 4.62. The summed E-state index contributed by atoms with van der Waals surface area (Å²) >= 11 is 12.1. The maximum atomic E-state index is 12.5. The number of para-hydroxylation sites is 1. The van der Waals surface area contributed by atoms with Gasteiger partial charge in [0.25, 0.3) is 0 Å². The molecule has 0 bridgehead atoms. The molecule has 2 N–H and O–H groups in total. The predicted molar refractivity (Wildman–Crippen MR) is 148 cm³/mol. The van der Waals surface area contributed by atoms with Gasteiger partial charge in [0.05, 0.1) is 12.5 Å². The molecule has 1 heterocycles. The molecule has 1 atom stereocenters. The molecule has 0 saturated carbocycles. The quantitative estimate of drug-likeness (QED) is 0.129. The highest BCUT2D eigenvalue weighted by Gasteiger charge is 2.33. The standard InChI is InChI=1S/C30H26Cl2N2O4/c1-2-3-6-15-36-26-8-5-4-7-22(26)29-23-13-12-21(17-27(23)38-30(34)24(29)18-33)37-28(35)14-10-19-9-11-20(31)16-25(19)32/h4-5,7-14,16-17,29H,2-3,6,15,34H2,1H3/b14-10+. The lowest BCUT2D eigenvalue weighted by molar-refractivity contribution is -0.128. The van der Waals surface area contributed by atoms with Crippen molar-refractivity contribution in [2.45, 2.75) is 32.1 Å². The van der Waals surface area contributed by atoms with Crippen LogP contribution in [0, 0.1) is 11.3 Å². The van der Waals surface area contributed by atoms with Gasteiger partial charge in [-0.3, -0.25) is 0 Å². The Labute approximate surface area is 231 Å². The first-order valence-electron chi connectivity index (χ1n) is 12.2. The number of esters is 1. The molecule has 0 saturated heterocycles. The van der Waals surface area contributed by atoms with E-state index in [-0.39, 0.29) is 17.2 Å². The molecular formula is C30H26Cl2N2O4. The van der Waals surface area contributed by atoms with Gasteiger partial charge < -0.3 is 19.9 Å². The first kappa shape index (κ1) is 27.1. The summed E-state index contributed by atoms with van der Waals surface area (Å²) < 4.78 is 17.3. The third-order valence-electron chi connectivity index (χ3n) is 6.01. The van der Waals surface area contributed by atoms with Crippen molar-refractivity contribution in [1.29, 1.82) is 5.26 Å². The van der Waals surface area contributed by atoms with Crippen LogP contribution in [0.5, 0.6) is 17.2 Å². The van der Waals surface area contributed by atoms with Crippen LogP contribution in [0.15, 0.2) is 78.2 Å². The summed E-state index contributed by atoms with van der Waals surface area (Å²) in [5.74, 6) is 0.229. The Balaban J connectivity index is 1.59.